The van der Waals surface area contributed by atoms with E-state index < -0.39 is 18.0 Å². The first kappa shape index (κ1) is 31.3. The number of fused-ring (bicyclic) bond motifs is 2. The molecule has 4 heterocycles. The Bertz CT molecular complexity index is 1780. The fourth-order valence-electron chi connectivity index (χ4n) is 5.19. The summed E-state index contributed by atoms with van der Waals surface area (Å²) in [5.74, 6) is -2.95. The summed E-state index contributed by atoms with van der Waals surface area (Å²) in [6, 6.07) is 8.67. The zero-order valence-electron chi connectivity index (χ0n) is 23.9. The lowest BCUT2D eigenvalue weighted by Crippen LogP contribution is -2.51. The van der Waals surface area contributed by atoms with Crippen molar-refractivity contribution >= 4 is 41.0 Å². The molecule has 0 saturated heterocycles. The van der Waals surface area contributed by atoms with Crippen molar-refractivity contribution in [2.24, 2.45) is 0 Å². The van der Waals surface area contributed by atoms with Crippen molar-refractivity contribution in [3.05, 3.63) is 65.4 Å². The van der Waals surface area contributed by atoms with Crippen LogP contribution >= 0.6 is 0 Å². The van der Waals surface area contributed by atoms with Crippen molar-refractivity contribution in [2.75, 3.05) is 30.9 Å². The number of anilines is 3. The summed E-state index contributed by atoms with van der Waals surface area (Å²) in [5, 5.41) is 18.1. The Morgan fingerprint density at radius 1 is 1.16 bits per heavy atom. The molecule has 16 heteroatoms. The lowest BCUT2D eigenvalue weighted by molar-refractivity contribution is -0.192. The first-order valence-electron chi connectivity index (χ1n) is 13.7. The molecule has 3 aromatic heterocycles. The van der Waals surface area contributed by atoms with Crippen molar-refractivity contribution in [1.82, 2.24) is 24.9 Å². The van der Waals surface area contributed by atoms with Gasteiger partial charge in [-0.3, -0.25) is 14.6 Å². The van der Waals surface area contributed by atoms with E-state index in [1.54, 1.807) is 18.7 Å². The van der Waals surface area contributed by atoms with E-state index in [4.69, 9.17) is 19.7 Å². The minimum Gasteiger partial charge on any atom is -0.475 e. The van der Waals surface area contributed by atoms with Gasteiger partial charge in [0, 0.05) is 49.8 Å². The van der Waals surface area contributed by atoms with E-state index in [1.165, 1.54) is 18.5 Å². The number of carbonyl (C=O) groups excluding carboxylic acids is 2. The maximum absolute atomic E-state index is 14.8. The molecule has 1 aliphatic heterocycles. The SMILES string of the molecule is CNc1cc(N2CCc3c(-c4ncc(C=O)cc4F)cccc32)nn2c(C(=O)N[C@@H]3CC[C@H]3OC)cnc12.O=C(O)C(F)(F)F. The molecule has 12 nitrogen and oxygen atoms in total. The first-order chi connectivity index (χ1) is 21.5. The van der Waals surface area contributed by atoms with Crippen molar-refractivity contribution in [1.29, 1.82) is 0 Å². The third-order valence-electron chi connectivity index (χ3n) is 7.59. The summed E-state index contributed by atoms with van der Waals surface area (Å²) in [5.41, 5.74) is 4.45. The Balaban J connectivity index is 0.000000515. The third-order valence-corrected chi connectivity index (χ3v) is 7.59. The lowest BCUT2D eigenvalue weighted by atomic mass is 9.89. The van der Waals surface area contributed by atoms with E-state index in [-0.39, 0.29) is 29.3 Å². The topological polar surface area (TPSA) is 151 Å². The third kappa shape index (κ3) is 6.13. The van der Waals surface area contributed by atoms with E-state index in [2.05, 4.69) is 20.6 Å². The number of benzene rings is 1. The maximum Gasteiger partial charge on any atom is 0.490 e. The number of aliphatic carboxylic acids is 1. The van der Waals surface area contributed by atoms with Crippen LogP contribution in [0.3, 0.4) is 0 Å². The number of nitrogens with one attached hydrogen (secondary N) is 2. The molecule has 0 radical (unpaired) electrons. The van der Waals surface area contributed by atoms with Crippen LogP contribution in [0.15, 0.2) is 42.7 Å². The zero-order valence-corrected chi connectivity index (χ0v) is 23.9. The standard InChI is InChI=1S/C27H26FN7O3.C2HF3O2/c1-29-20-11-24(33-35-22(13-31-26(20)35)27(37)32-19-6-7-23(19)38-2)34-9-8-16-17(4-3-5-21(16)34)25-18(28)10-15(14-36)12-30-25;3-2(4,5)1(6)7/h3-5,10-14,19,23,29H,6-9H2,1-2H3,(H,32,37);(H,6,7)/t19-,23-;/m1./s1. The van der Waals surface area contributed by atoms with Gasteiger partial charge in [0.15, 0.2) is 23.4 Å². The highest BCUT2D eigenvalue weighted by molar-refractivity contribution is 5.94. The van der Waals surface area contributed by atoms with E-state index in [9.17, 15) is 27.2 Å². The summed E-state index contributed by atoms with van der Waals surface area (Å²) in [6.07, 6.45) is 0.823. The van der Waals surface area contributed by atoms with E-state index in [1.807, 2.05) is 29.2 Å². The van der Waals surface area contributed by atoms with Crippen LogP contribution in [0.5, 0.6) is 0 Å². The van der Waals surface area contributed by atoms with Gasteiger partial charge in [-0.15, -0.1) is 5.10 Å². The Morgan fingerprint density at radius 3 is 2.51 bits per heavy atom. The highest BCUT2D eigenvalue weighted by Crippen LogP contribution is 2.40. The Morgan fingerprint density at radius 2 is 1.91 bits per heavy atom. The number of carboxylic acid groups (broad SMARTS) is 1. The molecule has 45 heavy (non-hydrogen) atoms. The molecular weight excluding hydrogens is 602 g/mol. The number of methoxy groups -OCH3 is 1. The number of hydrogen-bond donors (Lipinski definition) is 3. The van der Waals surface area contributed by atoms with E-state index >= 15 is 0 Å². The monoisotopic (exact) mass is 629 g/mol. The molecule has 3 N–H and O–H groups in total. The average molecular weight is 630 g/mol. The summed E-state index contributed by atoms with van der Waals surface area (Å²) >= 11 is 0. The van der Waals surface area contributed by atoms with Crippen LogP contribution in [0.4, 0.5) is 34.8 Å². The van der Waals surface area contributed by atoms with E-state index in [0.717, 1.165) is 24.1 Å². The number of nitrogens with zero attached hydrogens (tertiary/aromatic N) is 5. The highest BCUT2D eigenvalue weighted by atomic mass is 19.4. The van der Waals surface area contributed by atoms with Gasteiger partial charge in [0.2, 0.25) is 0 Å². The number of amides is 1. The van der Waals surface area contributed by atoms with Gasteiger partial charge < -0.3 is 25.4 Å². The van der Waals surface area contributed by atoms with E-state index in [0.29, 0.717) is 47.7 Å². The second-order valence-corrected chi connectivity index (χ2v) is 10.2. The Labute approximate surface area is 253 Å². The Hall–Kier alpha value is -5.12. The van der Waals surface area contributed by atoms with Crippen LogP contribution in [0.25, 0.3) is 16.9 Å². The van der Waals surface area contributed by atoms with Crippen LogP contribution < -0.4 is 15.5 Å². The number of halogens is 4. The molecule has 4 aromatic rings. The predicted octanol–water partition coefficient (Wildman–Crippen LogP) is 4.02. The molecule has 1 amide bonds. The lowest BCUT2D eigenvalue weighted by Gasteiger charge is -2.35. The molecule has 6 rings (SSSR count). The molecule has 2 aliphatic rings. The summed E-state index contributed by atoms with van der Waals surface area (Å²) in [6.45, 7) is 0.607. The van der Waals surface area contributed by atoms with Crippen LogP contribution in [0, 0.1) is 5.82 Å². The number of aldehydes is 1. The predicted molar refractivity (Wildman–Crippen MR) is 153 cm³/mol. The Kier molecular flexibility index (Phi) is 8.68. The molecule has 1 aliphatic carbocycles. The molecular formula is C29H27F4N7O5. The summed E-state index contributed by atoms with van der Waals surface area (Å²) in [7, 11) is 3.44. The van der Waals surface area contributed by atoms with Gasteiger partial charge in [-0.05, 0) is 37.0 Å². The summed E-state index contributed by atoms with van der Waals surface area (Å²) in [4.78, 5) is 43.7. The minimum absolute atomic E-state index is 0.0128. The smallest absolute Gasteiger partial charge is 0.475 e. The zero-order chi connectivity index (χ0) is 32.5. The normalized spacial score (nSPS) is 17.2. The maximum atomic E-state index is 14.8. The number of ether oxygens (including phenoxy) is 1. The second kappa shape index (κ2) is 12.5. The number of alkyl halides is 3. The number of carboxylic acids is 1. The molecule has 0 spiro atoms. The van der Waals surface area contributed by atoms with Crippen molar-refractivity contribution < 1.29 is 41.8 Å². The van der Waals surface area contributed by atoms with Crippen LogP contribution in [-0.4, -0.2) is 81.9 Å². The minimum atomic E-state index is -5.08. The summed E-state index contributed by atoms with van der Waals surface area (Å²) < 4.78 is 53.5. The number of carbonyl (C=O) groups is 3. The number of rotatable bonds is 7. The van der Waals surface area contributed by atoms with Gasteiger partial charge >= 0.3 is 12.1 Å². The number of hydrogen-bond acceptors (Lipinski definition) is 9. The van der Waals surface area contributed by atoms with Crippen molar-refractivity contribution in [3.8, 4) is 11.3 Å². The van der Waals surface area contributed by atoms with Gasteiger partial charge in [0.25, 0.3) is 5.91 Å². The van der Waals surface area contributed by atoms with Gasteiger partial charge in [-0.25, -0.2) is 18.7 Å². The molecule has 2 atom stereocenters. The van der Waals surface area contributed by atoms with Gasteiger partial charge in [-0.2, -0.15) is 13.2 Å². The van der Waals surface area contributed by atoms with Crippen molar-refractivity contribution in [3.63, 3.8) is 0 Å². The van der Waals surface area contributed by atoms with Gasteiger partial charge in [-0.1, -0.05) is 12.1 Å². The molecule has 1 saturated carbocycles. The first-order valence-corrected chi connectivity index (χ1v) is 13.7. The van der Waals surface area contributed by atoms with Crippen LogP contribution in [0.2, 0.25) is 0 Å². The van der Waals surface area contributed by atoms with Crippen molar-refractivity contribution in [2.45, 2.75) is 37.6 Å². The second-order valence-electron chi connectivity index (χ2n) is 10.2. The molecule has 1 fully saturated rings. The highest BCUT2D eigenvalue weighted by Gasteiger charge is 2.38. The van der Waals surface area contributed by atoms with Crippen LogP contribution in [0.1, 0.15) is 39.3 Å². The number of imidazole rings is 1. The van der Waals surface area contributed by atoms with Crippen LogP contribution in [-0.2, 0) is 16.0 Å². The fraction of sp³-hybridized carbons (Fsp3) is 0.310. The van der Waals surface area contributed by atoms with Gasteiger partial charge in [0.05, 0.1) is 24.0 Å². The van der Waals surface area contributed by atoms with Gasteiger partial charge in [0.1, 0.15) is 11.5 Å². The molecule has 1 aromatic carbocycles. The number of aromatic nitrogens is 4. The molecule has 0 bridgehead atoms. The largest absolute Gasteiger partial charge is 0.490 e. The molecule has 236 valence electrons. The number of pyridine rings is 1. The fourth-order valence-corrected chi connectivity index (χ4v) is 5.19. The average Bonchev–Trinajstić information content (AvgIpc) is 3.63. The quantitative estimate of drug-likeness (QED) is 0.202. The molecule has 0 unspecified atom stereocenters.